The molecule has 3 rings (SSSR count). The molecule has 5 heteroatoms. The van der Waals surface area contributed by atoms with Crippen molar-refractivity contribution in [2.24, 2.45) is 7.05 Å². The van der Waals surface area contributed by atoms with E-state index in [1.54, 1.807) is 43.5 Å². The van der Waals surface area contributed by atoms with E-state index in [-0.39, 0.29) is 21.8 Å². The summed E-state index contributed by atoms with van der Waals surface area (Å²) < 4.78 is 1.32. The Balaban J connectivity index is 2.17. The fourth-order valence-corrected chi connectivity index (χ4v) is 2.49. The van der Waals surface area contributed by atoms with E-state index in [9.17, 15) is 14.4 Å². The summed E-state index contributed by atoms with van der Waals surface area (Å²) in [7, 11) is 1.56. The van der Waals surface area contributed by atoms with Gasteiger partial charge in [0.25, 0.3) is 11.1 Å². The van der Waals surface area contributed by atoms with Gasteiger partial charge in [0.1, 0.15) is 17.0 Å². The summed E-state index contributed by atoms with van der Waals surface area (Å²) in [6.45, 7) is 0. The maximum absolute atomic E-state index is 12.5. The normalized spacial score (nSPS) is 12.4. The minimum absolute atomic E-state index is 0.229. The van der Waals surface area contributed by atoms with Gasteiger partial charge < -0.3 is 9.55 Å². The van der Waals surface area contributed by atoms with E-state index in [0.29, 0.717) is 5.56 Å². The van der Waals surface area contributed by atoms with Crippen molar-refractivity contribution in [2.45, 2.75) is 0 Å². The average molecular weight is 332 g/mol. The van der Waals surface area contributed by atoms with Crippen molar-refractivity contribution in [1.82, 2.24) is 9.55 Å². The van der Waals surface area contributed by atoms with Gasteiger partial charge in [-0.25, -0.2) is 0 Å². The van der Waals surface area contributed by atoms with Gasteiger partial charge in [-0.2, -0.15) is 0 Å². The highest BCUT2D eigenvalue weighted by Gasteiger charge is 2.01. The molecule has 0 saturated heterocycles. The second-order valence-corrected chi connectivity index (χ2v) is 5.60. The lowest BCUT2D eigenvalue weighted by molar-refractivity contribution is 0.112. The van der Waals surface area contributed by atoms with E-state index in [4.69, 9.17) is 0 Å². The van der Waals surface area contributed by atoms with Gasteiger partial charge in [-0.1, -0.05) is 54.6 Å². The predicted octanol–water partition coefficient (Wildman–Crippen LogP) is 0.544. The van der Waals surface area contributed by atoms with Crippen LogP contribution in [0.15, 0.2) is 64.2 Å². The van der Waals surface area contributed by atoms with Crippen LogP contribution in [0.25, 0.3) is 12.2 Å². The second-order valence-electron chi connectivity index (χ2n) is 5.60. The average Bonchev–Trinajstić information content (AvgIpc) is 2.64. The van der Waals surface area contributed by atoms with Gasteiger partial charge >= 0.3 is 0 Å². The summed E-state index contributed by atoms with van der Waals surface area (Å²) in [6.07, 6.45) is 4.01. The third kappa shape index (κ3) is 3.55. The quantitative estimate of drug-likeness (QED) is 0.712. The summed E-state index contributed by atoms with van der Waals surface area (Å²) in [5.74, 6) is 0. The number of aromatic nitrogens is 2. The molecule has 0 bridgehead atoms. The molecule has 0 saturated carbocycles. The number of benzene rings is 2. The summed E-state index contributed by atoms with van der Waals surface area (Å²) in [6, 6.07) is 16.1. The number of aldehydes is 1. The van der Waals surface area contributed by atoms with E-state index >= 15 is 0 Å². The number of carbonyl (C=O) groups is 1. The predicted molar refractivity (Wildman–Crippen MR) is 97.0 cm³/mol. The number of hydrogen-bond donors (Lipinski definition) is 1. The first-order valence-corrected chi connectivity index (χ1v) is 7.71. The Morgan fingerprint density at radius 1 is 0.840 bits per heavy atom. The van der Waals surface area contributed by atoms with E-state index in [1.807, 2.05) is 30.3 Å². The molecule has 0 fully saturated rings. The van der Waals surface area contributed by atoms with E-state index in [1.165, 1.54) is 4.57 Å². The van der Waals surface area contributed by atoms with Crippen LogP contribution < -0.4 is 21.8 Å². The summed E-state index contributed by atoms with van der Waals surface area (Å²) in [5.41, 5.74) is 1.46. The van der Waals surface area contributed by atoms with Crippen LogP contribution in [-0.2, 0) is 7.05 Å². The molecule has 0 aliphatic carbocycles. The van der Waals surface area contributed by atoms with Crippen LogP contribution in [-0.4, -0.2) is 15.8 Å². The van der Waals surface area contributed by atoms with Crippen molar-refractivity contribution >= 4 is 18.4 Å². The first-order chi connectivity index (χ1) is 12.1. The Kier molecular flexibility index (Phi) is 4.57. The summed E-state index contributed by atoms with van der Waals surface area (Å²) in [5, 5.41) is 0.473. The van der Waals surface area contributed by atoms with Crippen LogP contribution >= 0.6 is 0 Å². The largest absolute Gasteiger partial charge is 0.316 e. The zero-order valence-electron chi connectivity index (χ0n) is 13.6. The number of nitrogens with one attached hydrogen (secondary N) is 1. The molecule has 2 aromatic carbocycles. The number of rotatable bonds is 3. The second kappa shape index (κ2) is 6.97. The lowest BCUT2D eigenvalue weighted by Gasteiger charge is -2.00. The maximum atomic E-state index is 12.5. The molecule has 0 aliphatic heterocycles. The third-order valence-electron chi connectivity index (χ3n) is 3.86. The van der Waals surface area contributed by atoms with Crippen LogP contribution in [0.4, 0.5) is 0 Å². The topological polar surface area (TPSA) is 71.9 Å². The Bertz CT molecular complexity index is 1140. The van der Waals surface area contributed by atoms with Crippen molar-refractivity contribution in [1.29, 1.82) is 0 Å². The minimum atomic E-state index is -0.358. The van der Waals surface area contributed by atoms with Gasteiger partial charge in [-0.05, 0) is 23.3 Å². The monoisotopic (exact) mass is 332 g/mol. The molecule has 0 unspecified atom stereocenters. The van der Waals surface area contributed by atoms with Crippen LogP contribution in [0.3, 0.4) is 0 Å². The van der Waals surface area contributed by atoms with Crippen LogP contribution in [0.1, 0.15) is 21.5 Å². The molecule has 0 amide bonds. The van der Waals surface area contributed by atoms with Gasteiger partial charge in [0.05, 0.1) is 0 Å². The maximum Gasteiger partial charge on any atom is 0.274 e. The number of carbonyl (C=O) groups excluding carboxylic acids is 1. The molecular formula is C20H16N2O3. The van der Waals surface area contributed by atoms with Crippen LogP contribution in [0, 0.1) is 0 Å². The molecule has 0 spiro atoms. The van der Waals surface area contributed by atoms with Crippen LogP contribution in [0.2, 0.25) is 0 Å². The molecular weight excluding hydrogens is 316 g/mol. The van der Waals surface area contributed by atoms with Crippen molar-refractivity contribution < 1.29 is 4.79 Å². The van der Waals surface area contributed by atoms with Gasteiger partial charge in [0, 0.05) is 12.6 Å². The molecule has 1 aromatic heterocycles. The number of H-pyrrole nitrogens is 1. The molecule has 25 heavy (non-hydrogen) atoms. The fourth-order valence-electron chi connectivity index (χ4n) is 2.49. The SMILES string of the molecule is Cn1c(=O)/c(=C/c2ccccc2)[nH]c(=O)/c1=C/c1ccc(C=O)cc1. The molecule has 0 atom stereocenters. The molecule has 1 N–H and O–H groups in total. The van der Waals surface area contributed by atoms with E-state index in [2.05, 4.69) is 4.98 Å². The number of nitrogens with zero attached hydrogens (tertiary/aromatic N) is 1. The number of hydrogen-bond acceptors (Lipinski definition) is 3. The minimum Gasteiger partial charge on any atom is -0.316 e. The standard InChI is InChI=1S/C20H16N2O3/c1-22-18(12-15-7-9-16(13-23)10-8-15)19(24)21-17(20(22)25)11-14-5-3-2-4-6-14/h2-13H,1H3,(H,21,24)/b17-11-,18-12-. The highest BCUT2D eigenvalue weighted by Crippen LogP contribution is 2.02. The van der Waals surface area contributed by atoms with Crippen molar-refractivity contribution in [3.8, 4) is 0 Å². The zero-order valence-corrected chi connectivity index (χ0v) is 13.6. The molecule has 0 aliphatic rings. The smallest absolute Gasteiger partial charge is 0.274 e. The summed E-state index contributed by atoms with van der Waals surface area (Å²) in [4.78, 5) is 38.3. The molecule has 5 nitrogen and oxygen atoms in total. The molecule has 3 aromatic rings. The Hall–Kier alpha value is -3.47. The summed E-state index contributed by atoms with van der Waals surface area (Å²) >= 11 is 0. The van der Waals surface area contributed by atoms with Gasteiger partial charge in [0.2, 0.25) is 0 Å². The Morgan fingerprint density at radius 3 is 2.08 bits per heavy atom. The molecule has 124 valence electrons. The van der Waals surface area contributed by atoms with Crippen LogP contribution in [0.5, 0.6) is 0 Å². The zero-order chi connectivity index (χ0) is 17.8. The number of aromatic amines is 1. The van der Waals surface area contributed by atoms with Crippen molar-refractivity contribution in [3.63, 3.8) is 0 Å². The lowest BCUT2D eigenvalue weighted by atomic mass is 10.1. The highest BCUT2D eigenvalue weighted by molar-refractivity contribution is 5.75. The van der Waals surface area contributed by atoms with E-state index < -0.39 is 0 Å². The molecule has 0 radical (unpaired) electrons. The first kappa shape index (κ1) is 16.4. The van der Waals surface area contributed by atoms with Crippen molar-refractivity contribution in [3.05, 3.63) is 103 Å². The lowest BCUT2D eigenvalue weighted by Crippen LogP contribution is -2.52. The fraction of sp³-hybridized carbons (Fsp3) is 0.0500. The highest BCUT2D eigenvalue weighted by atomic mass is 16.1. The first-order valence-electron chi connectivity index (χ1n) is 7.71. The van der Waals surface area contributed by atoms with E-state index in [0.717, 1.165) is 17.4 Å². The van der Waals surface area contributed by atoms with Gasteiger partial charge in [-0.3, -0.25) is 14.4 Å². The van der Waals surface area contributed by atoms with Crippen molar-refractivity contribution in [2.75, 3.05) is 0 Å². The van der Waals surface area contributed by atoms with Gasteiger partial charge in [0.15, 0.2) is 0 Å². The molecule has 1 heterocycles. The Morgan fingerprint density at radius 2 is 1.44 bits per heavy atom. The Labute approximate surface area is 143 Å². The van der Waals surface area contributed by atoms with Gasteiger partial charge in [-0.15, -0.1) is 0 Å². The third-order valence-corrected chi connectivity index (χ3v) is 3.86.